The number of carbonyl (C=O) groups is 3. The van der Waals surface area contributed by atoms with E-state index >= 15 is 0 Å². The molecule has 4 saturated heterocycles. The van der Waals surface area contributed by atoms with Gasteiger partial charge in [-0.15, -0.1) is 0 Å². The number of rotatable bonds is 12. The van der Waals surface area contributed by atoms with Gasteiger partial charge in [0.25, 0.3) is 0 Å². The van der Waals surface area contributed by atoms with Crippen molar-refractivity contribution in [2.75, 3.05) is 33.0 Å². The molecule has 7 rings (SSSR count). The van der Waals surface area contributed by atoms with E-state index in [0.29, 0.717) is 29.8 Å². The van der Waals surface area contributed by atoms with E-state index in [1.165, 1.54) is 43.3 Å². The molecule has 0 saturated carbocycles. The van der Waals surface area contributed by atoms with Crippen LogP contribution in [0.3, 0.4) is 0 Å². The Morgan fingerprint density at radius 2 is 1.42 bits per heavy atom. The maximum absolute atomic E-state index is 14.6. The maximum Gasteiger partial charge on any atom is 0.348 e. The third-order valence-electron chi connectivity index (χ3n) is 11.7. The van der Waals surface area contributed by atoms with Crippen LogP contribution in [0, 0.1) is 5.41 Å². The van der Waals surface area contributed by atoms with Gasteiger partial charge >= 0.3 is 11.9 Å². The predicted molar refractivity (Wildman–Crippen MR) is 192 cm³/mol. The van der Waals surface area contributed by atoms with E-state index < -0.39 is 42.1 Å². The van der Waals surface area contributed by atoms with Crippen molar-refractivity contribution in [3.63, 3.8) is 0 Å². The van der Waals surface area contributed by atoms with Crippen molar-refractivity contribution in [2.24, 2.45) is 5.41 Å². The average Bonchev–Trinajstić information content (AvgIpc) is 3.70. The summed E-state index contributed by atoms with van der Waals surface area (Å²) in [5, 5.41) is 2.83. The van der Waals surface area contributed by atoms with Crippen LogP contribution in [0.5, 0.6) is 0 Å². The number of amides is 1. The molecule has 3 aromatic carbocycles. The van der Waals surface area contributed by atoms with Gasteiger partial charge < -0.3 is 33.5 Å². The molecule has 1 spiro atoms. The summed E-state index contributed by atoms with van der Waals surface area (Å²) in [5.41, 5.74) is -0.235. The van der Waals surface area contributed by atoms with Crippen molar-refractivity contribution in [3.8, 4) is 0 Å². The van der Waals surface area contributed by atoms with Gasteiger partial charge in [0.15, 0.2) is 13.1 Å². The lowest BCUT2D eigenvalue weighted by Gasteiger charge is -2.47. The molecule has 1 amide bonds. The number of esters is 2. The fourth-order valence-corrected chi connectivity index (χ4v) is 9.07. The zero-order chi connectivity index (χ0) is 36.2. The molecule has 0 aliphatic carbocycles. The molecule has 10 heteroatoms. The molecule has 4 fully saturated rings. The minimum absolute atomic E-state index is 0.0407. The Labute approximate surface area is 306 Å². The van der Waals surface area contributed by atoms with Crippen molar-refractivity contribution in [1.29, 1.82) is 0 Å². The van der Waals surface area contributed by atoms with E-state index in [1.807, 2.05) is 105 Å². The first kappa shape index (κ1) is 36.3. The molecular weight excluding hydrogens is 660 g/mol. The van der Waals surface area contributed by atoms with Crippen LogP contribution < -0.4 is 5.32 Å². The van der Waals surface area contributed by atoms with Crippen molar-refractivity contribution in [3.05, 3.63) is 108 Å². The molecule has 52 heavy (non-hydrogen) atoms. The van der Waals surface area contributed by atoms with E-state index in [9.17, 15) is 14.4 Å². The van der Waals surface area contributed by atoms with E-state index in [1.54, 1.807) is 0 Å². The van der Waals surface area contributed by atoms with Crippen molar-refractivity contribution in [2.45, 2.75) is 95.0 Å². The van der Waals surface area contributed by atoms with Gasteiger partial charge in [-0.2, -0.15) is 0 Å². The zero-order valence-electron chi connectivity index (χ0n) is 30.2. The summed E-state index contributed by atoms with van der Waals surface area (Å²) < 4.78 is 31.6. The van der Waals surface area contributed by atoms with Crippen LogP contribution in [0.25, 0.3) is 0 Å². The lowest BCUT2D eigenvalue weighted by atomic mass is 9.85. The van der Waals surface area contributed by atoms with Gasteiger partial charge in [0.1, 0.15) is 12.2 Å². The second-order valence-corrected chi connectivity index (χ2v) is 15.4. The number of benzene rings is 3. The Balaban J connectivity index is 0.993. The van der Waals surface area contributed by atoms with Crippen molar-refractivity contribution >= 4 is 17.8 Å². The van der Waals surface area contributed by atoms with Crippen molar-refractivity contribution in [1.82, 2.24) is 5.32 Å². The van der Waals surface area contributed by atoms with Crippen LogP contribution in [-0.2, 0) is 43.7 Å². The molecule has 4 aliphatic rings. The first-order valence-corrected chi connectivity index (χ1v) is 18.8. The topological polar surface area (TPSA) is 109 Å². The highest BCUT2D eigenvalue weighted by Crippen LogP contribution is 2.47. The summed E-state index contributed by atoms with van der Waals surface area (Å²) in [4.78, 5) is 40.8. The molecular formula is C42H51N2O8+. The van der Waals surface area contributed by atoms with Gasteiger partial charge in [-0.1, -0.05) is 105 Å². The minimum Gasteiger partial charge on any atom is -0.459 e. The third kappa shape index (κ3) is 7.26. The smallest absolute Gasteiger partial charge is 0.348 e. The van der Waals surface area contributed by atoms with Gasteiger partial charge in [0, 0.05) is 56.0 Å². The fraction of sp³-hybridized carbons (Fsp3) is 0.500. The lowest BCUT2D eigenvalue weighted by Crippen LogP contribution is -2.60. The van der Waals surface area contributed by atoms with Crippen LogP contribution in [0.1, 0.15) is 81.8 Å². The van der Waals surface area contributed by atoms with Gasteiger partial charge in [0.2, 0.25) is 11.5 Å². The van der Waals surface area contributed by atoms with Crippen LogP contribution in [-0.4, -0.2) is 79.7 Å². The molecule has 4 aliphatic heterocycles. The first-order chi connectivity index (χ1) is 25.2. The number of nitrogens with one attached hydrogen (secondary N) is 1. The van der Waals surface area contributed by atoms with Gasteiger partial charge in [-0.05, 0) is 11.1 Å². The number of ether oxygens (including phenoxy) is 5. The minimum atomic E-state index is -1.66. The molecule has 1 N–H and O–H groups in total. The Morgan fingerprint density at radius 1 is 0.846 bits per heavy atom. The van der Waals surface area contributed by atoms with Gasteiger partial charge in [-0.25, -0.2) is 4.79 Å². The number of hydrogen-bond donors (Lipinski definition) is 1. The summed E-state index contributed by atoms with van der Waals surface area (Å²) in [5.74, 6) is -1.43. The molecule has 10 nitrogen and oxygen atoms in total. The highest BCUT2D eigenvalue weighted by atomic mass is 16.7. The lowest BCUT2D eigenvalue weighted by molar-refractivity contribution is -0.956. The molecule has 4 heterocycles. The highest BCUT2D eigenvalue weighted by Gasteiger charge is 2.57. The summed E-state index contributed by atoms with van der Waals surface area (Å²) in [6, 6.07) is 29.0. The molecule has 0 radical (unpaired) electrons. The maximum atomic E-state index is 14.6. The predicted octanol–water partition coefficient (Wildman–Crippen LogP) is 5.94. The number of carbonyl (C=O) groups excluding carboxylic acids is 3. The van der Waals surface area contributed by atoms with E-state index in [0.717, 1.165) is 18.4 Å². The molecule has 4 atom stereocenters. The number of hydrogen-bond acceptors (Lipinski definition) is 8. The SMILES string of the molecule is CC1(C)COC(c2ccccc2)O[C@H]1C(=O)NCCC(=O)OCOC(C(=O)OC1CC2CCC(C1)[N+]21CCCC1)(c1ccccc1)c1ccccc1. The van der Waals surface area contributed by atoms with E-state index in [2.05, 4.69) is 5.32 Å². The monoisotopic (exact) mass is 711 g/mol. The van der Waals surface area contributed by atoms with Crippen LogP contribution >= 0.6 is 0 Å². The summed E-state index contributed by atoms with van der Waals surface area (Å²) in [6.45, 7) is 6.17. The Bertz CT molecular complexity index is 1620. The quantitative estimate of drug-likeness (QED) is 0.140. The van der Waals surface area contributed by atoms with Gasteiger partial charge in [-0.3, -0.25) is 9.59 Å². The summed E-state index contributed by atoms with van der Waals surface area (Å²) in [7, 11) is 0. The van der Waals surface area contributed by atoms with E-state index in [-0.39, 0.29) is 25.0 Å². The molecule has 276 valence electrons. The van der Waals surface area contributed by atoms with Crippen LogP contribution in [0.2, 0.25) is 0 Å². The summed E-state index contributed by atoms with van der Waals surface area (Å²) >= 11 is 0. The summed E-state index contributed by atoms with van der Waals surface area (Å²) in [6.07, 6.45) is 4.88. The molecule has 3 aromatic rings. The average molecular weight is 712 g/mol. The van der Waals surface area contributed by atoms with Crippen LogP contribution in [0.15, 0.2) is 91.0 Å². The second kappa shape index (κ2) is 15.5. The largest absolute Gasteiger partial charge is 0.459 e. The fourth-order valence-electron chi connectivity index (χ4n) is 9.07. The van der Waals surface area contributed by atoms with Gasteiger partial charge in [0.05, 0.1) is 38.2 Å². The number of quaternary nitrogens is 1. The Kier molecular flexibility index (Phi) is 10.8. The molecule has 2 bridgehead atoms. The normalized spacial score (nSPS) is 26.1. The van der Waals surface area contributed by atoms with E-state index in [4.69, 9.17) is 23.7 Å². The number of piperidine rings is 1. The highest BCUT2D eigenvalue weighted by molar-refractivity contribution is 5.86. The zero-order valence-corrected chi connectivity index (χ0v) is 30.2. The Hall–Kier alpha value is -4.09. The second-order valence-electron chi connectivity index (χ2n) is 15.4. The first-order valence-electron chi connectivity index (χ1n) is 18.8. The molecule has 0 aromatic heterocycles. The van der Waals surface area contributed by atoms with Crippen LogP contribution in [0.4, 0.5) is 0 Å². The molecule has 3 unspecified atom stereocenters. The number of nitrogens with zero attached hydrogens (tertiary/aromatic N) is 1. The standard InChI is InChI=1S/C42H50N2O8/c1-41(2)28-48-39(30-14-6-3-7-15-30)52-37(41)38(46)43-23-22-36(45)49-29-50-42(31-16-8-4-9-17-31,32-18-10-5-11-19-32)40(47)51-35-26-33-20-21-34(27-35)44(33)24-12-13-25-44/h3-11,14-19,33-35,37,39H,12-13,20-29H2,1-2H3/p+1/t33?,34?,35?,37-,39?/m0/s1. The van der Waals surface area contributed by atoms with Crippen molar-refractivity contribution < 1.29 is 42.6 Å². The Morgan fingerprint density at radius 3 is 2.02 bits per heavy atom. The third-order valence-corrected chi connectivity index (χ3v) is 11.7.